The fourth-order valence-corrected chi connectivity index (χ4v) is 5.17. The maximum Gasteiger partial charge on any atom is 0.162 e. The fourth-order valence-electron chi connectivity index (χ4n) is 5.17. The molecule has 0 radical (unpaired) electrons. The maximum absolute atomic E-state index is 15.5. The second-order valence-corrected chi connectivity index (χ2v) is 10.2. The lowest BCUT2D eigenvalue weighted by Gasteiger charge is -2.49. The lowest BCUT2D eigenvalue weighted by molar-refractivity contribution is 0.0313. The minimum atomic E-state index is -1.08. The summed E-state index contributed by atoms with van der Waals surface area (Å²) in [6.07, 6.45) is 3.25. The summed E-state index contributed by atoms with van der Waals surface area (Å²) in [6.45, 7) is 9.97. The van der Waals surface area contributed by atoms with Crippen molar-refractivity contribution in [2.75, 3.05) is 0 Å². The van der Waals surface area contributed by atoms with E-state index in [-0.39, 0.29) is 17.3 Å². The van der Waals surface area contributed by atoms with Gasteiger partial charge in [0, 0.05) is 39.8 Å². The summed E-state index contributed by atoms with van der Waals surface area (Å²) in [4.78, 5) is 4.46. The van der Waals surface area contributed by atoms with E-state index in [1.165, 1.54) is 0 Å². The van der Waals surface area contributed by atoms with E-state index in [9.17, 15) is 5.11 Å². The number of nitrogens with one attached hydrogen (secondary N) is 1. The number of phenols is 1. The largest absolute Gasteiger partial charge is 0.507 e. The van der Waals surface area contributed by atoms with Gasteiger partial charge in [0.1, 0.15) is 11.9 Å². The summed E-state index contributed by atoms with van der Waals surface area (Å²) in [5.41, 5.74) is 2.72. The van der Waals surface area contributed by atoms with Gasteiger partial charge < -0.3 is 15.0 Å². The molecule has 0 unspecified atom stereocenters. The van der Waals surface area contributed by atoms with Crippen molar-refractivity contribution >= 4 is 21.9 Å². The van der Waals surface area contributed by atoms with Crippen molar-refractivity contribution in [3.8, 4) is 17.0 Å². The highest BCUT2D eigenvalue weighted by molar-refractivity contribution is 5.89. The lowest BCUT2D eigenvalue weighted by Crippen LogP contribution is -2.64. The van der Waals surface area contributed by atoms with Crippen LogP contribution in [0.5, 0.6) is 5.75 Å². The van der Waals surface area contributed by atoms with E-state index in [1.807, 2.05) is 55.8 Å². The van der Waals surface area contributed by atoms with Crippen molar-refractivity contribution in [2.24, 2.45) is 0 Å². The second-order valence-electron chi connectivity index (χ2n) is 10.2. The average molecular weight is 434 g/mol. The number of aryl methyl sites for hydroxylation is 1. The zero-order chi connectivity index (χ0) is 22.8. The van der Waals surface area contributed by atoms with Gasteiger partial charge in [-0.25, -0.2) is 4.39 Å². The number of hydrogen-bond acceptors (Lipinski definition) is 5. The summed E-state index contributed by atoms with van der Waals surface area (Å²) in [5.74, 6) is 0.128. The number of fused-ring (bicyclic) bond motifs is 2. The van der Waals surface area contributed by atoms with Gasteiger partial charge in [0.2, 0.25) is 0 Å². The van der Waals surface area contributed by atoms with Crippen molar-refractivity contribution in [2.45, 2.75) is 64.3 Å². The molecule has 1 saturated heterocycles. The molecule has 2 N–H and O–H groups in total. The number of phenolic OH excluding ortho intramolecular Hbond substituents is 1. The standard InChI is InChI=1S/C25H28FN5O/c1-14-8-16-10-21(32)17(11-18(16)27-13-14)19-9-15-6-7-31(23(15)29-28-19)20-12-24(2,3)30-25(4,5)22(20)26/h6-11,13,20,22,30,32H,12H2,1-5H3/t20-,22-/m0/s1. The number of rotatable bonds is 2. The summed E-state index contributed by atoms with van der Waals surface area (Å²) < 4.78 is 17.4. The molecule has 0 spiro atoms. The Balaban J connectivity index is 1.57. The molecule has 0 bridgehead atoms. The Kier molecular flexibility index (Phi) is 4.53. The molecular formula is C25H28FN5O. The number of piperidine rings is 1. The first-order valence-electron chi connectivity index (χ1n) is 10.9. The predicted octanol–water partition coefficient (Wildman–Crippen LogP) is 5.09. The normalized spacial score (nSPS) is 22.4. The third-order valence-corrected chi connectivity index (χ3v) is 6.44. The average Bonchev–Trinajstić information content (AvgIpc) is 3.12. The van der Waals surface area contributed by atoms with Crippen LogP contribution in [0.15, 0.2) is 42.7 Å². The van der Waals surface area contributed by atoms with E-state index in [4.69, 9.17) is 0 Å². The number of hydrogen-bond donors (Lipinski definition) is 2. The topological polar surface area (TPSA) is 75.9 Å². The van der Waals surface area contributed by atoms with E-state index < -0.39 is 11.7 Å². The number of aromatic nitrogens is 4. The van der Waals surface area contributed by atoms with Crippen molar-refractivity contribution in [1.82, 2.24) is 25.1 Å². The Labute approximate surface area is 186 Å². The predicted molar refractivity (Wildman–Crippen MR) is 125 cm³/mol. The van der Waals surface area contributed by atoms with Crippen LogP contribution in [-0.2, 0) is 0 Å². The number of alkyl halides is 1. The van der Waals surface area contributed by atoms with Crippen LogP contribution in [0.2, 0.25) is 0 Å². The highest BCUT2D eigenvalue weighted by atomic mass is 19.1. The van der Waals surface area contributed by atoms with Crippen molar-refractivity contribution in [1.29, 1.82) is 0 Å². The van der Waals surface area contributed by atoms with E-state index in [2.05, 4.69) is 34.3 Å². The Morgan fingerprint density at radius 1 is 1.09 bits per heavy atom. The smallest absolute Gasteiger partial charge is 0.162 e. The van der Waals surface area contributed by atoms with Gasteiger partial charge in [-0.15, -0.1) is 10.2 Å². The fraction of sp³-hybridized carbons (Fsp3) is 0.400. The first-order chi connectivity index (χ1) is 15.0. The number of halogens is 1. The molecule has 7 heteroatoms. The molecule has 166 valence electrons. The summed E-state index contributed by atoms with van der Waals surface area (Å²) >= 11 is 0. The van der Waals surface area contributed by atoms with E-state index in [1.54, 1.807) is 12.3 Å². The zero-order valence-electron chi connectivity index (χ0n) is 19.0. The van der Waals surface area contributed by atoms with Gasteiger partial charge in [-0.1, -0.05) is 0 Å². The quantitative estimate of drug-likeness (QED) is 0.461. The van der Waals surface area contributed by atoms with Gasteiger partial charge in [0.15, 0.2) is 5.65 Å². The van der Waals surface area contributed by atoms with Crippen LogP contribution in [0.4, 0.5) is 4.39 Å². The minimum Gasteiger partial charge on any atom is -0.507 e. The molecule has 0 amide bonds. The molecule has 32 heavy (non-hydrogen) atoms. The van der Waals surface area contributed by atoms with E-state index in [0.29, 0.717) is 23.3 Å². The van der Waals surface area contributed by atoms with Crippen LogP contribution >= 0.6 is 0 Å². The molecule has 3 aromatic heterocycles. The molecule has 2 atom stereocenters. The second kappa shape index (κ2) is 6.97. The van der Waals surface area contributed by atoms with Gasteiger partial charge in [-0.05, 0) is 76.9 Å². The first-order valence-corrected chi connectivity index (χ1v) is 10.9. The van der Waals surface area contributed by atoms with Crippen LogP contribution < -0.4 is 5.32 Å². The van der Waals surface area contributed by atoms with Crippen molar-refractivity contribution in [3.05, 3.63) is 48.3 Å². The lowest BCUT2D eigenvalue weighted by atomic mass is 9.78. The van der Waals surface area contributed by atoms with Crippen molar-refractivity contribution < 1.29 is 9.50 Å². The monoisotopic (exact) mass is 433 g/mol. The van der Waals surface area contributed by atoms with Gasteiger partial charge >= 0.3 is 0 Å². The molecule has 0 saturated carbocycles. The summed E-state index contributed by atoms with van der Waals surface area (Å²) in [7, 11) is 0. The molecule has 4 aromatic rings. The van der Waals surface area contributed by atoms with Gasteiger partial charge in [0.25, 0.3) is 0 Å². The molecule has 5 rings (SSSR count). The summed E-state index contributed by atoms with van der Waals surface area (Å²) in [5, 5.41) is 24.6. The molecule has 1 fully saturated rings. The van der Waals surface area contributed by atoms with Gasteiger partial charge in [0.05, 0.1) is 17.3 Å². The van der Waals surface area contributed by atoms with E-state index in [0.717, 1.165) is 21.9 Å². The highest BCUT2D eigenvalue weighted by Gasteiger charge is 2.47. The molecule has 4 heterocycles. The molecule has 1 aliphatic rings. The molecule has 0 aliphatic carbocycles. The van der Waals surface area contributed by atoms with Gasteiger partial charge in [-0.3, -0.25) is 4.98 Å². The first kappa shape index (κ1) is 20.8. The zero-order valence-corrected chi connectivity index (χ0v) is 19.0. The molecule has 1 aromatic carbocycles. The Bertz CT molecular complexity index is 1340. The van der Waals surface area contributed by atoms with Crippen LogP contribution in [-0.4, -0.2) is 42.1 Å². The van der Waals surface area contributed by atoms with Crippen LogP contribution in [0, 0.1) is 6.92 Å². The van der Waals surface area contributed by atoms with Crippen LogP contribution in [0.1, 0.15) is 45.7 Å². The Hall–Kier alpha value is -3.06. The third-order valence-electron chi connectivity index (χ3n) is 6.44. The molecule has 6 nitrogen and oxygen atoms in total. The maximum atomic E-state index is 15.5. The summed E-state index contributed by atoms with van der Waals surface area (Å²) in [6, 6.07) is 8.98. The Morgan fingerprint density at radius 3 is 2.66 bits per heavy atom. The van der Waals surface area contributed by atoms with Crippen LogP contribution in [0.25, 0.3) is 33.2 Å². The number of aromatic hydroxyl groups is 1. The molecular weight excluding hydrogens is 405 g/mol. The highest BCUT2D eigenvalue weighted by Crippen LogP contribution is 2.40. The minimum absolute atomic E-state index is 0.128. The SMILES string of the molecule is Cc1cnc2cc(-c3cc4ccn([C@H]5CC(C)(C)NC(C)(C)[C@H]5F)c4nn3)c(O)cc2c1. The van der Waals surface area contributed by atoms with Gasteiger partial charge in [-0.2, -0.15) is 0 Å². The molecule has 1 aliphatic heterocycles. The van der Waals surface area contributed by atoms with Crippen molar-refractivity contribution in [3.63, 3.8) is 0 Å². The van der Waals surface area contributed by atoms with E-state index >= 15 is 4.39 Å². The number of benzene rings is 1. The number of pyridine rings is 1. The Morgan fingerprint density at radius 2 is 1.88 bits per heavy atom. The number of nitrogens with zero attached hydrogens (tertiary/aromatic N) is 4. The van der Waals surface area contributed by atoms with Crippen LogP contribution in [0.3, 0.4) is 0 Å². The third kappa shape index (κ3) is 3.41.